The fourth-order valence-electron chi connectivity index (χ4n) is 6.27. The number of ether oxygens (including phenoxy) is 4. The maximum absolute atomic E-state index is 12.0. The van der Waals surface area contributed by atoms with E-state index in [1.54, 1.807) is 30.4 Å². The van der Waals surface area contributed by atoms with Gasteiger partial charge in [-0.3, -0.25) is 57.4 Å². The molecular weight excluding hydrogens is 1540 g/mol. The molecule has 0 radical (unpaired) electrons. The topological polar surface area (TPSA) is 477 Å². The second kappa shape index (κ2) is 68.9. The van der Waals surface area contributed by atoms with Gasteiger partial charge >= 0.3 is 165 Å². The fraction of sp³-hybridized carbons (Fsp3) is 0.698. The molecule has 0 aromatic heterocycles. The smallest absolute Gasteiger partial charge is 0.748 e. The average molecular weight is 1640 g/mol. The van der Waals surface area contributed by atoms with Gasteiger partial charge in [-0.15, -0.1) is 32.6 Å². The van der Waals surface area contributed by atoms with Gasteiger partial charge in [0.25, 0.3) is 0 Å². The van der Waals surface area contributed by atoms with Crippen LogP contribution >= 0.6 is 29.9 Å². The monoisotopic (exact) mass is 1640 g/mol. The van der Waals surface area contributed by atoms with Crippen LogP contribution in [0.2, 0.25) is 0 Å². The number of carbonyl (C=O) groups is 4. The van der Waals surface area contributed by atoms with E-state index in [2.05, 4.69) is 56.6 Å². The van der Waals surface area contributed by atoms with Gasteiger partial charge in [0.15, 0.2) is 0 Å². The molecule has 0 rings (SSSR count). The van der Waals surface area contributed by atoms with E-state index in [0.717, 1.165) is 0 Å². The SMILES string of the molecule is C#CCN(CCC(=O)OC)CCC(=O)OC.C#CCN(CCS(=O)(=O)[O-])CCS(=O)(=O)[O-].C#CN(CP(C)(C)=O)CP(=O)(OC)OC.C=CCN(CCC(=O)OC)CCC(=O)OC.C=CCN(CCS(=O)(=O)[O-])CCS(=O)(=O)[O-].C=CCN(CP(=O)(OC)OC)CP(=O)(OC)OC.[Na+].[Na+].[Na+].[Na+]. The Labute approximate surface area is 688 Å². The van der Waals surface area contributed by atoms with E-state index in [-0.39, 0.29) is 219 Å². The second-order valence-corrected chi connectivity index (χ2v) is 35.6. The van der Waals surface area contributed by atoms with Crippen molar-refractivity contribution in [2.75, 3.05) is 218 Å². The molecular formula is C53H98N6Na4O30P4S4. The summed E-state index contributed by atoms with van der Waals surface area (Å²) in [7, 11) is -16.2. The normalized spacial score (nSPS) is 11.3. The van der Waals surface area contributed by atoms with Crippen LogP contribution in [0, 0.1) is 37.2 Å². The molecule has 0 saturated carbocycles. The fourth-order valence-corrected chi connectivity index (χ4v) is 12.7. The van der Waals surface area contributed by atoms with Crippen molar-refractivity contribution in [2.24, 2.45) is 0 Å². The number of terminal acetylenes is 3. The van der Waals surface area contributed by atoms with E-state index >= 15 is 0 Å². The minimum atomic E-state index is -4.38. The summed E-state index contributed by atoms with van der Waals surface area (Å²) in [5, 5.41) is 0. The van der Waals surface area contributed by atoms with Crippen LogP contribution in [0.1, 0.15) is 25.7 Å². The zero-order chi connectivity index (χ0) is 76.8. The van der Waals surface area contributed by atoms with Crippen molar-refractivity contribution in [1.29, 1.82) is 0 Å². The molecule has 0 unspecified atom stereocenters. The van der Waals surface area contributed by atoms with Crippen molar-refractivity contribution in [1.82, 2.24) is 29.4 Å². The number of hydrogen-bond acceptors (Lipinski definition) is 36. The Morgan fingerprint density at radius 2 is 0.604 bits per heavy atom. The quantitative estimate of drug-likeness (QED) is 0.00798. The summed E-state index contributed by atoms with van der Waals surface area (Å²) in [6.07, 6.45) is 21.3. The van der Waals surface area contributed by atoms with Crippen LogP contribution in [0.5, 0.6) is 0 Å². The van der Waals surface area contributed by atoms with Crippen molar-refractivity contribution in [3.05, 3.63) is 38.0 Å². The van der Waals surface area contributed by atoms with Crippen LogP contribution in [0.4, 0.5) is 0 Å². The summed E-state index contributed by atoms with van der Waals surface area (Å²) in [4.78, 5) is 53.0. The summed E-state index contributed by atoms with van der Waals surface area (Å²) in [6.45, 7) is 16.8. The number of carbonyl (C=O) groups excluding carboxylic acids is 4. The van der Waals surface area contributed by atoms with Gasteiger partial charge in [-0.1, -0.05) is 36.5 Å². The molecule has 0 N–H and O–H groups in total. The molecule has 0 aliphatic heterocycles. The van der Waals surface area contributed by atoms with E-state index in [1.807, 2.05) is 9.80 Å². The van der Waals surface area contributed by atoms with Gasteiger partial charge in [0.1, 0.15) is 26.0 Å². The Hall–Kier alpha value is -0.300. The summed E-state index contributed by atoms with van der Waals surface area (Å²) in [5.41, 5.74) is 0. The summed E-state index contributed by atoms with van der Waals surface area (Å²) >= 11 is 0. The first-order chi connectivity index (χ1) is 44.7. The Balaban J connectivity index is -0.000000122. The van der Waals surface area contributed by atoms with Gasteiger partial charge < -0.3 is 73.8 Å². The Morgan fingerprint density at radius 3 is 0.812 bits per heavy atom. The Kier molecular flexibility index (Phi) is 83.0. The first kappa shape index (κ1) is 122. The predicted octanol–water partition coefficient (Wildman–Crippen LogP) is -10.5. The predicted molar refractivity (Wildman–Crippen MR) is 360 cm³/mol. The average Bonchev–Trinajstić information content (AvgIpc) is 0.879. The molecule has 0 aromatic carbocycles. The van der Waals surface area contributed by atoms with Gasteiger partial charge in [-0.05, 0) is 13.3 Å². The molecule has 0 atom stereocenters. The molecule has 0 fully saturated rings. The third-order valence-corrected chi connectivity index (χ3v) is 20.6. The van der Waals surface area contributed by atoms with Crippen LogP contribution in [-0.2, 0) is 124 Å². The maximum Gasteiger partial charge on any atom is 1.00 e. The standard InChI is InChI=1S/C11H19NO4.C11H17NO4.C9H21NO6P2.C8H17NO4P2.C7H15NO6S2.C7H13NO6S2.4Na/c2*1-4-7-12(8-5-10(13)15-2)9-6-11(14)16-3;1-6-7-10(8-17(11,13-2)14-3)9-18(12,15-4)16-5;1-6-9(7-14(4,5)10)8-15(11,12-2)13-3;2*1-2-3-8(4-6-15(9,10)11)5-7-16(12,13)14;;;;/h4H,1,5-9H2,2-3H3;1H,5-9H2,2-3H3;6H,1,7-9H2,2-5H3;1H,7-8H2,2-5H3;2H,1,3-7H2,(H,9,10,11)(H,12,13,14);1H,3-7H2,(H,9,10,11)(H,12,13,14);;;;/q;;;;;;4*+1/p-4. The van der Waals surface area contributed by atoms with Gasteiger partial charge in [0.05, 0.1) is 137 Å². The number of esters is 4. The largest absolute Gasteiger partial charge is 1.00 e. The summed E-state index contributed by atoms with van der Waals surface area (Å²) in [5.74, 6) is 0.951. The molecule has 36 nitrogen and oxygen atoms in total. The summed E-state index contributed by atoms with van der Waals surface area (Å²) < 4.78 is 218. The molecule has 0 aromatic rings. The maximum atomic E-state index is 12.0. The number of rotatable bonds is 46. The Morgan fingerprint density at radius 1 is 0.386 bits per heavy atom. The number of methoxy groups -OCH3 is 4. The third-order valence-electron chi connectivity index (χ3n) is 11.3. The summed E-state index contributed by atoms with van der Waals surface area (Å²) in [6, 6.07) is 2.31. The second-order valence-electron chi connectivity index (χ2n) is 19.4. The first-order valence-electron chi connectivity index (χ1n) is 27.9. The van der Waals surface area contributed by atoms with Crippen LogP contribution in [0.3, 0.4) is 0 Å². The van der Waals surface area contributed by atoms with E-state index in [4.69, 9.17) is 46.4 Å². The van der Waals surface area contributed by atoms with Gasteiger partial charge in [-0.25, -0.2) is 33.7 Å². The molecule has 0 amide bonds. The molecule has 0 saturated heterocycles. The van der Waals surface area contributed by atoms with Crippen molar-refractivity contribution in [3.63, 3.8) is 0 Å². The van der Waals surface area contributed by atoms with Crippen molar-refractivity contribution >= 4 is 94.3 Å². The molecule has 48 heteroatoms. The number of nitrogens with zero attached hydrogens (tertiary/aromatic N) is 6. The zero-order valence-corrected chi connectivity index (χ0v) is 76.0. The minimum Gasteiger partial charge on any atom is -0.748 e. The van der Waals surface area contributed by atoms with Crippen LogP contribution in [0.15, 0.2) is 38.0 Å². The molecule has 0 heterocycles. The van der Waals surface area contributed by atoms with Gasteiger partial charge in [0.2, 0.25) is 0 Å². The minimum absolute atomic E-state index is 0. The van der Waals surface area contributed by atoms with Crippen LogP contribution in [-0.4, -0.2) is 323 Å². The number of hydrogen-bond donors (Lipinski definition) is 0. The van der Waals surface area contributed by atoms with E-state index in [0.29, 0.717) is 58.7 Å². The van der Waals surface area contributed by atoms with E-state index < -0.39 is 93.4 Å². The van der Waals surface area contributed by atoms with Crippen molar-refractivity contribution in [2.45, 2.75) is 25.7 Å². The molecule has 568 valence electrons. The third kappa shape index (κ3) is 83.6. The molecule has 0 aliphatic rings. The molecule has 0 aliphatic carbocycles. The van der Waals surface area contributed by atoms with Gasteiger partial charge in [-0.2, -0.15) is 0 Å². The molecule has 0 spiro atoms. The molecule has 0 bridgehead atoms. The van der Waals surface area contributed by atoms with E-state index in [1.165, 1.54) is 91.9 Å². The van der Waals surface area contributed by atoms with Crippen LogP contribution < -0.4 is 118 Å². The van der Waals surface area contributed by atoms with Gasteiger partial charge in [0, 0.05) is 121 Å². The zero-order valence-electron chi connectivity index (χ0n) is 61.1. The van der Waals surface area contributed by atoms with Crippen molar-refractivity contribution < 1.29 is 254 Å². The van der Waals surface area contributed by atoms with E-state index in [9.17, 15) is 89.3 Å². The molecule has 101 heavy (non-hydrogen) atoms. The first-order valence-corrected chi connectivity index (χ1v) is 42.2. The Bertz CT molecular complexity index is 2960. The van der Waals surface area contributed by atoms with Crippen LogP contribution in [0.25, 0.3) is 0 Å². The van der Waals surface area contributed by atoms with Crippen molar-refractivity contribution in [3.8, 4) is 37.2 Å².